The van der Waals surface area contributed by atoms with Crippen LogP contribution in [0.1, 0.15) is 10.4 Å². The molecule has 1 N–H and O–H groups in total. The Bertz CT molecular complexity index is 900. The van der Waals surface area contributed by atoms with Crippen LogP contribution in [-0.2, 0) is 0 Å². The van der Waals surface area contributed by atoms with Crippen molar-refractivity contribution in [3.05, 3.63) is 48.0 Å². The van der Waals surface area contributed by atoms with E-state index in [-0.39, 0.29) is 11.9 Å². The fourth-order valence-electron chi connectivity index (χ4n) is 2.31. The van der Waals surface area contributed by atoms with Gasteiger partial charge in [0.25, 0.3) is 11.8 Å². The summed E-state index contributed by atoms with van der Waals surface area (Å²) in [5.41, 5.74) is 0.962. The van der Waals surface area contributed by atoms with Gasteiger partial charge >= 0.3 is 6.01 Å². The molecule has 0 spiro atoms. The Morgan fingerprint density at radius 3 is 2.31 bits per heavy atom. The number of hydrogen-bond acceptors (Lipinski definition) is 7. The molecule has 0 saturated carbocycles. The van der Waals surface area contributed by atoms with E-state index in [1.54, 1.807) is 37.4 Å². The minimum atomic E-state index is -0.433. The van der Waals surface area contributed by atoms with Crippen molar-refractivity contribution >= 4 is 11.9 Å². The van der Waals surface area contributed by atoms with Gasteiger partial charge in [-0.2, -0.15) is 0 Å². The fraction of sp³-hybridized carbons (Fsp3) is 0.167. The second-order valence-electron chi connectivity index (χ2n) is 5.17. The minimum absolute atomic E-state index is 0.0299. The molecule has 134 valence electrons. The van der Waals surface area contributed by atoms with Gasteiger partial charge in [0.05, 0.1) is 26.9 Å². The highest BCUT2D eigenvalue weighted by molar-refractivity contribution is 6.03. The standard InChI is InChI=1S/C18H17N3O5/c1-23-12-8-11(9-13(10-12)24-2)16(22)19-18-21-20-17(26-18)14-6-4-5-7-15(14)25-3/h4-10H,1-3H3,(H,19,21,22). The SMILES string of the molecule is COc1cc(OC)cc(C(=O)Nc2nnc(-c3ccccc3OC)o2)c1. The fourth-order valence-corrected chi connectivity index (χ4v) is 2.31. The molecule has 1 heterocycles. The average Bonchev–Trinajstić information content (AvgIpc) is 3.15. The number of carbonyl (C=O) groups is 1. The smallest absolute Gasteiger partial charge is 0.322 e. The number of carbonyl (C=O) groups excluding carboxylic acids is 1. The van der Waals surface area contributed by atoms with Crippen LogP contribution in [0.2, 0.25) is 0 Å². The molecule has 8 nitrogen and oxygen atoms in total. The van der Waals surface area contributed by atoms with Crippen LogP contribution in [0.5, 0.6) is 17.2 Å². The molecule has 3 aromatic rings. The molecular weight excluding hydrogens is 338 g/mol. The normalized spacial score (nSPS) is 10.3. The topological polar surface area (TPSA) is 95.7 Å². The number of benzene rings is 2. The lowest BCUT2D eigenvalue weighted by Crippen LogP contribution is -2.12. The molecule has 0 aliphatic carbocycles. The molecule has 0 unspecified atom stereocenters. The Balaban J connectivity index is 1.82. The first-order chi connectivity index (χ1) is 12.6. The summed E-state index contributed by atoms with van der Waals surface area (Å²) >= 11 is 0. The molecule has 2 aromatic carbocycles. The number of anilines is 1. The highest BCUT2D eigenvalue weighted by atomic mass is 16.5. The Labute approximate surface area is 149 Å². The zero-order chi connectivity index (χ0) is 18.5. The molecule has 0 aliphatic heterocycles. The molecule has 8 heteroatoms. The third-order valence-electron chi connectivity index (χ3n) is 3.60. The number of nitrogens with one attached hydrogen (secondary N) is 1. The second kappa shape index (κ2) is 7.56. The quantitative estimate of drug-likeness (QED) is 0.726. The average molecular weight is 355 g/mol. The zero-order valence-corrected chi connectivity index (χ0v) is 14.5. The summed E-state index contributed by atoms with van der Waals surface area (Å²) in [7, 11) is 4.57. The van der Waals surface area contributed by atoms with Gasteiger partial charge in [0.2, 0.25) is 0 Å². The van der Waals surface area contributed by atoms with Crippen molar-refractivity contribution in [2.24, 2.45) is 0 Å². The largest absolute Gasteiger partial charge is 0.497 e. The van der Waals surface area contributed by atoms with Crippen molar-refractivity contribution < 1.29 is 23.4 Å². The van der Waals surface area contributed by atoms with Gasteiger partial charge in [-0.3, -0.25) is 10.1 Å². The number of amides is 1. The van der Waals surface area contributed by atoms with E-state index in [0.29, 0.717) is 28.4 Å². The van der Waals surface area contributed by atoms with Crippen LogP contribution >= 0.6 is 0 Å². The Hall–Kier alpha value is -3.55. The predicted molar refractivity (Wildman–Crippen MR) is 93.8 cm³/mol. The predicted octanol–water partition coefficient (Wildman–Crippen LogP) is 3.01. The Kier molecular flexibility index (Phi) is 5.02. The van der Waals surface area contributed by atoms with Crippen molar-refractivity contribution in [1.82, 2.24) is 10.2 Å². The molecule has 1 aromatic heterocycles. The molecule has 1 amide bonds. The van der Waals surface area contributed by atoms with Crippen LogP contribution in [-0.4, -0.2) is 37.4 Å². The maximum atomic E-state index is 12.4. The molecule has 0 bridgehead atoms. The lowest BCUT2D eigenvalue weighted by atomic mass is 10.2. The van der Waals surface area contributed by atoms with Gasteiger partial charge < -0.3 is 18.6 Å². The van der Waals surface area contributed by atoms with E-state index < -0.39 is 5.91 Å². The lowest BCUT2D eigenvalue weighted by Gasteiger charge is -2.07. The van der Waals surface area contributed by atoms with Crippen molar-refractivity contribution in [2.75, 3.05) is 26.6 Å². The highest BCUT2D eigenvalue weighted by Crippen LogP contribution is 2.29. The van der Waals surface area contributed by atoms with Gasteiger partial charge in [0.1, 0.15) is 17.2 Å². The number of rotatable bonds is 6. The third kappa shape index (κ3) is 3.59. The van der Waals surface area contributed by atoms with Gasteiger partial charge in [0, 0.05) is 11.6 Å². The number of ether oxygens (including phenoxy) is 3. The maximum Gasteiger partial charge on any atom is 0.322 e. The van der Waals surface area contributed by atoms with Crippen LogP contribution in [0.3, 0.4) is 0 Å². The first kappa shape index (κ1) is 17.3. The molecule has 3 rings (SSSR count). The number of aromatic nitrogens is 2. The van der Waals surface area contributed by atoms with Gasteiger partial charge in [-0.25, -0.2) is 0 Å². The summed E-state index contributed by atoms with van der Waals surface area (Å²) in [6, 6.07) is 12.0. The maximum absolute atomic E-state index is 12.4. The van der Waals surface area contributed by atoms with Crippen LogP contribution in [0.25, 0.3) is 11.5 Å². The number of methoxy groups -OCH3 is 3. The third-order valence-corrected chi connectivity index (χ3v) is 3.60. The summed E-state index contributed by atoms with van der Waals surface area (Å²) < 4.78 is 21.1. The molecule has 0 atom stereocenters. The summed E-state index contributed by atoms with van der Waals surface area (Å²) in [6.45, 7) is 0. The van der Waals surface area contributed by atoms with Crippen LogP contribution in [0.15, 0.2) is 46.9 Å². The molecule has 0 fully saturated rings. The molecule has 0 saturated heterocycles. The van der Waals surface area contributed by atoms with E-state index in [4.69, 9.17) is 18.6 Å². The van der Waals surface area contributed by atoms with Crippen molar-refractivity contribution in [2.45, 2.75) is 0 Å². The molecule has 0 aliphatic rings. The van der Waals surface area contributed by atoms with Gasteiger partial charge in [0.15, 0.2) is 0 Å². The summed E-state index contributed by atoms with van der Waals surface area (Å²) in [6.07, 6.45) is 0. The van der Waals surface area contributed by atoms with Crippen molar-refractivity contribution in [1.29, 1.82) is 0 Å². The van der Waals surface area contributed by atoms with E-state index >= 15 is 0 Å². The van der Waals surface area contributed by atoms with E-state index in [1.165, 1.54) is 14.2 Å². The second-order valence-corrected chi connectivity index (χ2v) is 5.17. The number of para-hydroxylation sites is 1. The first-order valence-electron chi connectivity index (χ1n) is 7.66. The first-order valence-corrected chi connectivity index (χ1v) is 7.66. The monoisotopic (exact) mass is 355 g/mol. The molecule has 26 heavy (non-hydrogen) atoms. The highest BCUT2D eigenvalue weighted by Gasteiger charge is 2.16. The van der Waals surface area contributed by atoms with Gasteiger partial charge in [-0.15, -0.1) is 5.10 Å². The number of hydrogen-bond donors (Lipinski definition) is 1. The minimum Gasteiger partial charge on any atom is -0.497 e. The molecule has 0 radical (unpaired) electrons. The summed E-state index contributed by atoms with van der Waals surface area (Å²) in [5.74, 6) is 1.38. The van der Waals surface area contributed by atoms with E-state index in [2.05, 4.69) is 15.5 Å². The van der Waals surface area contributed by atoms with E-state index in [0.717, 1.165) is 0 Å². The van der Waals surface area contributed by atoms with Gasteiger partial charge in [-0.1, -0.05) is 17.2 Å². The zero-order valence-electron chi connectivity index (χ0n) is 14.5. The van der Waals surface area contributed by atoms with Gasteiger partial charge in [-0.05, 0) is 24.3 Å². The van der Waals surface area contributed by atoms with Crippen LogP contribution in [0, 0.1) is 0 Å². The number of nitrogens with zero attached hydrogens (tertiary/aromatic N) is 2. The van der Waals surface area contributed by atoms with Crippen molar-refractivity contribution in [3.63, 3.8) is 0 Å². The van der Waals surface area contributed by atoms with E-state index in [1.807, 2.05) is 12.1 Å². The lowest BCUT2D eigenvalue weighted by molar-refractivity contribution is 0.102. The Morgan fingerprint density at radius 2 is 1.65 bits per heavy atom. The van der Waals surface area contributed by atoms with Crippen LogP contribution in [0.4, 0.5) is 6.01 Å². The van der Waals surface area contributed by atoms with E-state index in [9.17, 15) is 4.79 Å². The van der Waals surface area contributed by atoms with Crippen LogP contribution < -0.4 is 19.5 Å². The molecular formula is C18H17N3O5. The van der Waals surface area contributed by atoms with Crippen molar-refractivity contribution in [3.8, 4) is 28.7 Å². The summed E-state index contributed by atoms with van der Waals surface area (Å²) in [5, 5.41) is 10.4. The summed E-state index contributed by atoms with van der Waals surface area (Å²) in [4.78, 5) is 12.4. The Morgan fingerprint density at radius 1 is 0.962 bits per heavy atom.